The maximum absolute atomic E-state index is 13.7. The summed E-state index contributed by atoms with van der Waals surface area (Å²) in [6.45, 7) is 3.49. The lowest BCUT2D eigenvalue weighted by Gasteiger charge is -2.29. The smallest absolute Gasteiger partial charge is 0.264 e. The molecule has 32 heavy (non-hydrogen) atoms. The Hall–Kier alpha value is -2.30. The Morgan fingerprint density at radius 2 is 2.06 bits per heavy atom. The van der Waals surface area contributed by atoms with Gasteiger partial charge in [0.1, 0.15) is 11.9 Å². The molecule has 0 radical (unpaired) electrons. The van der Waals surface area contributed by atoms with Gasteiger partial charge in [-0.25, -0.2) is 23.1 Å². The van der Waals surface area contributed by atoms with Gasteiger partial charge in [0, 0.05) is 37.7 Å². The van der Waals surface area contributed by atoms with Crippen molar-refractivity contribution >= 4 is 27.3 Å². The Balaban J connectivity index is 1.64. The number of amides is 1. The van der Waals surface area contributed by atoms with Crippen LogP contribution in [-0.2, 0) is 29.0 Å². The molecule has 1 saturated heterocycles. The van der Waals surface area contributed by atoms with E-state index in [1.54, 1.807) is 31.2 Å². The zero-order chi connectivity index (χ0) is 23.4. The number of nitrogens with one attached hydrogen (secondary N) is 1. The number of oxime groups is 1. The van der Waals surface area contributed by atoms with Crippen molar-refractivity contribution < 1.29 is 32.0 Å². The van der Waals surface area contributed by atoms with E-state index in [0.717, 1.165) is 24.7 Å². The van der Waals surface area contributed by atoms with Crippen molar-refractivity contribution in [3.63, 3.8) is 0 Å². The molecule has 176 valence electrons. The van der Waals surface area contributed by atoms with Gasteiger partial charge >= 0.3 is 0 Å². The summed E-state index contributed by atoms with van der Waals surface area (Å²) in [5.41, 5.74) is 4.06. The zero-order valence-corrected chi connectivity index (χ0v) is 19.3. The van der Waals surface area contributed by atoms with Gasteiger partial charge in [0.05, 0.1) is 5.71 Å². The van der Waals surface area contributed by atoms with Crippen LogP contribution in [0.4, 0.5) is 4.39 Å². The Bertz CT molecular complexity index is 986. The Morgan fingerprint density at radius 3 is 2.66 bits per heavy atom. The molecule has 1 amide bonds. The molecule has 0 aromatic heterocycles. The molecule has 1 fully saturated rings. The third-order valence-corrected chi connectivity index (χ3v) is 7.81. The van der Waals surface area contributed by atoms with E-state index in [9.17, 15) is 17.6 Å². The van der Waals surface area contributed by atoms with Gasteiger partial charge in [0.2, 0.25) is 0 Å². The maximum atomic E-state index is 13.7. The molecule has 1 N–H and O–H groups in total. The highest BCUT2D eigenvalue weighted by Gasteiger charge is 2.47. The van der Waals surface area contributed by atoms with Crippen molar-refractivity contribution in [2.24, 2.45) is 5.16 Å². The van der Waals surface area contributed by atoms with Crippen LogP contribution in [0.15, 0.2) is 35.5 Å². The van der Waals surface area contributed by atoms with E-state index in [1.165, 1.54) is 13.0 Å². The number of allylic oxidation sites excluding steroid dienone is 1. The first-order chi connectivity index (χ1) is 15.1. The van der Waals surface area contributed by atoms with E-state index >= 15 is 0 Å². The minimum Gasteiger partial charge on any atom is -0.392 e. The van der Waals surface area contributed by atoms with E-state index < -0.39 is 32.9 Å². The van der Waals surface area contributed by atoms with Crippen LogP contribution in [-0.4, -0.2) is 50.0 Å². The van der Waals surface area contributed by atoms with Crippen LogP contribution in [0.1, 0.15) is 57.1 Å². The number of benzene rings is 1. The minimum atomic E-state index is -3.82. The van der Waals surface area contributed by atoms with Gasteiger partial charge in [-0.3, -0.25) is 4.79 Å². The standard InChI is InChI=1S/C22H29FN2O6S/c1-4-18(23)15-8-10-16(11-9-15)19-13-17(30-24-19)14-22(2,32(3,27)28)21(26)25-31-20-7-5-6-12-29-20/h4,8-11,17,20H,5-7,12-14H2,1-3H3,(H,25,26)/t17-,20?,22-/m1/s1. The van der Waals surface area contributed by atoms with Gasteiger partial charge in [0.15, 0.2) is 20.9 Å². The first-order valence-electron chi connectivity index (χ1n) is 10.6. The van der Waals surface area contributed by atoms with Crippen molar-refractivity contribution in [3.05, 3.63) is 41.5 Å². The molecule has 0 spiro atoms. The summed E-state index contributed by atoms with van der Waals surface area (Å²) in [6.07, 6.45) is 3.83. The molecule has 1 unspecified atom stereocenters. The van der Waals surface area contributed by atoms with Crippen LogP contribution in [0.3, 0.4) is 0 Å². The number of halogens is 1. The van der Waals surface area contributed by atoms with Gasteiger partial charge in [-0.15, -0.1) is 0 Å². The third-order valence-electron chi connectivity index (χ3n) is 5.82. The van der Waals surface area contributed by atoms with Gasteiger partial charge in [0.25, 0.3) is 5.91 Å². The molecule has 0 aliphatic carbocycles. The van der Waals surface area contributed by atoms with Crippen LogP contribution < -0.4 is 5.48 Å². The van der Waals surface area contributed by atoms with Crippen LogP contribution in [0.5, 0.6) is 0 Å². The lowest BCUT2D eigenvalue weighted by molar-refractivity contribution is -0.201. The number of sulfone groups is 1. The first kappa shape index (κ1) is 24.3. The lowest BCUT2D eigenvalue weighted by Crippen LogP contribution is -2.52. The highest BCUT2D eigenvalue weighted by Crippen LogP contribution is 2.30. The fraction of sp³-hybridized carbons (Fsp3) is 0.545. The normalized spacial score (nSPS) is 23.8. The topological polar surface area (TPSA) is 103 Å². The van der Waals surface area contributed by atoms with Crippen LogP contribution in [0.25, 0.3) is 5.83 Å². The highest BCUT2D eigenvalue weighted by atomic mass is 32.2. The van der Waals surface area contributed by atoms with E-state index in [2.05, 4.69) is 10.6 Å². The third kappa shape index (κ3) is 5.54. The number of rotatable bonds is 8. The van der Waals surface area contributed by atoms with Crippen molar-refractivity contribution in [2.45, 2.75) is 63.1 Å². The monoisotopic (exact) mass is 468 g/mol. The van der Waals surface area contributed by atoms with Crippen LogP contribution in [0, 0.1) is 0 Å². The number of hydrogen-bond acceptors (Lipinski definition) is 7. The predicted molar refractivity (Wildman–Crippen MR) is 118 cm³/mol. The average Bonchev–Trinajstić information content (AvgIpc) is 3.25. The van der Waals surface area contributed by atoms with E-state index in [-0.39, 0.29) is 12.2 Å². The van der Waals surface area contributed by atoms with Crippen LogP contribution in [0.2, 0.25) is 0 Å². The molecule has 2 aliphatic heterocycles. The van der Waals surface area contributed by atoms with Gasteiger partial charge in [-0.1, -0.05) is 35.5 Å². The second kappa shape index (κ2) is 10.1. The summed E-state index contributed by atoms with van der Waals surface area (Å²) in [6, 6.07) is 6.73. The molecule has 1 aromatic rings. The first-order valence-corrected chi connectivity index (χ1v) is 12.5. The van der Waals surface area contributed by atoms with Crippen LogP contribution >= 0.6 is 0 Å². The molecule has 1 aromatic carbocycles. The summed E-state index contributed by atoms with van der Waals surface area (Å²) < 4.78 is 42.4. The zero-order valence-electron chi connectivity index (χ0n) is 18.5. The molecule has 0 bridgehead atoms. The highest BCUT2D eigenvalue weighted by molar-refractivity contribution is 7.92. The number of nitrogens with zero attached hydrogens (tertiary/aromatic N) is 1. The van der Waals surface area contributed by atoms with Crippen molar-refractivity contribution in [3.8, 4) is 0 Å². The molecular weight excluding hydrogens is 439 g/mol. The van der Waals surface area contributed by atoms with Gasteiger partial charge in [-0.05, 0) is 32.3 Å². The SMILES string of the molecule is CC=C(F)c1ccc(C2=NO[C@@H](C[C@](C)(C(=O)NOC3CCCCO3)S(C)(=O)=O)C2)cc1. The number of carbonyl (C=O) groups is 1. The fourth-order valence-corrected chi connectivity index (χ4v) is 4.44. The molecule has 0 saturated carbocycles. The quantitative estimate of drug-likeness (QED) is 0.588. The average molecular weight is 469 g/mol. The molecule has 3 atom stereocenters. The largest absolute Gasteiger partial charge is 0.392 e. The maximum Gasteiger partial charge on any atom is 0.264 e. The fourth-order valence-electron chi connectivity index (χ4n) is 3.58. The number of hydrogen-bond donors (Lipinski definition) is 1. The molecule has 8 nitrogen and oxygen atoms in total. The van der Waals surface area contributed by atoms with E-state index in [1.807, 2.05) is 0 Å². The summed E-state index contributed by atoms with van der Waals surface area (Å²) in [7, 11) is -3.82. The number of carbonyl (C=O) groups excluding carboxylic acids is 1. The number of ether oxygens (including phenoxy) is 1. The number of hydroxylamine groups is 1. The molecule has 3 rings (SSSR count). The summed E-state index contributed by atoms with van der Waals surface area (Å²) in [4.78, 5) is 23.6. The van der Waals surface area contributed by atoms with Gasteiger partial charge < -0.3 is 9.57 Å². The Kier molecular flexibility index (Phi) is 7.68. The summed E-state index contributed by atoms with van der Waals surface area (Å²) in [5, 5.41) is 4.06. The van der Waals surface area contributed by atoms with Gasteiger partial charge in [-0.2, -0.15) is 0 Å². The van der Waals surface area contributed by atoms with Crippen molar-refractivity contribution in [2.75, 3.05) is 12.9 Å². The van der Waals surface area contributed by atoms with E-state index in [0.29, 0.717) is 30.7 Å². The van der Waals surface area contributed by atoms with E-state index in [4.69, 9.17) is 14.4 Å². The predicted octanol–water partition coefficient (Wildman–Crippen LogP) is 3.28. The second-order valence-electron chi connectivity index (χ2n) is 8.24. The molecular formula is C22H29FN2O6S. The molecule has 2 aliphatic rings. The molecule has 10 heteroatoms. The van der Waals surface area contributed by atoms with Crippen molar-refractivity contribution in [1.29, 1.82) is 0 Å². The lowest BCUT2D eigenvalue weighted by atomic mass is 9.96. The summed E-state index contributed by atoms with van der Waals surface area (Å²) in [5.74, 6) is -1.10. The Morgan fingerprint density at radius 1 is 1.34 bits per heavy atom. The second-order valence-corrected chi connectivity index (χ2v) is 10.7. The van der Waals surface area contributed by atoms with Crippen molar-refractivity contribution in [1.82, 2.24) is 5.48 Å². The summed E-state index contributed by atoms with van der Waals surface area (Å²) >= 11 is 0. The molecule has 2 heterocycles. The Labute approximate surface area is 187 Å². The minimum absolute atomic E-state index is 0.106.